The molecule has 0 atom stereocenters. The summed E-state index contributed by atoms with van der Waals surface area (Å²) in [5, 5.41) is 9.44. The summed E-state index contributed by atoms with van der Waals surface area (Å²) >= 11 is 6.04. The molecule has 0 aliphatic heterocycles. The fourth-order valence-electron chi connectivity index (χ4n) is 1.61. The Hall–Kier alpha value is -2.25. The monoisotopic (exact) mass is 273 g/mol. The molecule has 1 aromatic heterocycles. The van der Waals surface area contributed by atoms with Gasteiger partial charge in [0.25, 0.3) is 0 Å². The number of benzene rings is 1. The number of aromatic nitrogens is 1. The number of nitrogen functional groups attached to an aromatic ring is 1. The van der Waals surface area contributed by atoms with Gasteiger partial charge in [0.1, 0.15) is 11.8 Å². The van der Waals surface area contributed by atoms with Crippen LogP contribution in [0.4, 0.5) is 5.69 Å². The lowest BCUT2D eigenvalue weighted by Crippen LogP contribution is -1.96. The largest absolute Gasteiger partial charge is 0.437 e. The van der Waals surface area contributed by atoms with Crippen molar-refractivity contribution in [2.75, 3.05) is 5.73 Å². The van der Waals surface area contributed by atoms with Crippen molar-refractivity contribution in [3.05, 3.63) is 46.6 Å². The number of hydrogen-bond acceptors (Lipinski definition) is 4. The van der Waals surface area contributed by atoms with Crippen LogP contribution in [0.5, 0.6) is 11.6 Å². The number of nitriles is 1. The highest BCUT2D eigenvalue weighted by Gasteiger charge is 2.07. The van der Waals surface area contributed by atoms with Crippen LogP contribution in [0.3, 0.4) is 0 Å². The van der Waals surface area contributed by atoms with E-state index in [1.54, 1.807) is 12.1 Å². The number of rotatable bonds is 3. The van der Waals surface area contributed by atoms with E-state index in [0.717, 1.165) is 12.0 Å². The first-order valence-corrected chi connectivity index (χ1v) is 6.13. The quantitative estimate of drug-likeness (QED) is 0.928. The second-order valence-electron chi connectivity index (χ2n) is 3.94. The zero-order valence-electron chi connectivity index (χ0n) is 10.4. The molecule has 1 aromatic carbocycles. The van der Waals surface area contributed by atoms with Crippen LogP contribution in [0.25, 0.3) is 0 Å². The minimum atomic E-state index is 0.281. The molecular weight excluding hydrogens is 262 g/mol. The predicted molar refractivity (Wildman–Crippen MR) is 74.3 cm³/mol. The van der Waals surface area contributed by atoms with Crippen molar-refractivity contribution in [1.82, 2.24) is 4.98 Å². The zero-order valence-corrected chi connectivity index (χ0v) is 11.1. The maximum Gasteiger partial charge on any atom is 0.242 e. The van der Waals surface area contributed by atoms with E-state index in [2.05, 4.69) is 4.98 Å². The summed E-state index contributed by atoms with van der Waals surface area (Å²) in [6.07, 6.45) is 2.23. The highest BCUT2D eigenvalue weighted by atomic mass is 35.5. The molecule has 2 rings (SSSR count). The standard InChI is InChI=1S/C14H12ClN3O/c1-2-10-6-11(3-4-12(10)15)19-14-13(17)5-9(7-16)8-18-14/h3-6,8H,2,17H2,1H3. The third-order valence-electron chi connectivity index (χ3n) is 2.62. The molecule has 4 nitrogen and oxygen atoms in total. The molecule has 0 fully saturated rings. The van der Waals surface area contributed by atoms with E-state index >= 15 is 0 Å². The molecule has 96 valence electrons. The van der Waals surface area contributed by atoms with Gasteiger partial charge in [-0.2, -0.15) is 5.26 Å². The number of halogens is 1. The zero-order chi connectivity index (χ0) is 13.8. The van der Waals surface area contributed by atoms with Gasteiger partial charge < -0.3 is 10.5 Å². The summed E-state index contributed by atoms with van der Waals surface area (Å²) in [4.78, 5) is 4.02. The fraction of sp³-hybridized carbons (Fsp3) is 0.143. The summed E-state index contributed by atoms with van der Waals surface area (Å²) in [6, 6.07) is 8.87. The molecule has 0 spiro atoms. The van der Waals surface area contributed by atoms with E-state index in [1.807, 2.05) is 19.1 Å². The lowest BCUT2D eigenvalue weighted by atomic mass is 10.1. The Morgan fingerprint density at radius 3 is 2.84 bits per heavy atom. The van der Waals surface area contributed by atoms with Gasteiger partial charge in [0.05, 0.1) is 11.3 Å². The Balaban J connectivity index is 2.29. The SMILES string of the molecule is CCc1cc(Oc2ncc(C#N)cc2N)ccc1Cl. The van der Waals surface area contributed by atoms with E-state index in [-0.39, 0.29) is 5.88 Å². The third-order valence-corrected chi connectivity index (χ3v) is 2.99. The third kappa shape index (κ3) is 2.95. The minimum Gasteiger partial charge on any atom is -0.437 e. The lowest BCUT2D eigenvalue weighted by Gasteiger charge is -2.09. The first-order valence-electron chi connectivity index (χ1n) is 5.76. The van der Waals surface area contributed by atoms with Crippen molar-refractivity contribution in [3.8, 4) is 17.7 Å². The normalized spacial score (nSPS) is 9.95. The molecule has 0 aliphatic carbocycles. The molecule has 19 heavy (non-hydrogen) atoms. The van der Waals surface area contributed by atoms with Crippen molar-refractivity contribution in [2.24, 2.45) is 0 Å². The van der Waals surface area contributed by atoms with Gasteiger partial charge in [-0.3, -0.25) is 0 Å². The average molecular weight is 274 g/mol. The Morgan fingerprint density at radius 1 is 1.42 bits per heavy atom. The van der Waals surface area contributed by atoms with Gasteiger partial charge in [-0.1, -0.05) is 18.5 Å². The van der Waals surface area contributed by atoms with Crippen molar-refractivity contribution < 1.29 is 4.74 Å². The van der Waals surface area contributed by atoms with Crippen molar-refractivity contribution in [2.45, 2.75) is 13.3 Å². The van der Waals surface area contributed by atoms with Crippen LogP contribution in [0.15, 0.2) is 30.5 Å². The highest BCUT2D eigenvalue weighted by molar-refractivity contribution is 6.31. The molecule has 0 unspecified atom stereocenters. The average Bonchev–Trinajstić information content (AvgIpc) is 2.43. The first kappa shape index (κ1) is 13.2. The Labute approximate surface area is 116 Å². The number of nitrogens with zero attached hydrogens (tertiary/aromatic N) is 2. The van der Waals surface area contributed by atoms with Gasteiger partial charge in [-0.25, -0.2) is 4.98 Å². The number of hydrogen-bond donors (Lipinski definition) is 1. The van der Waals surface area contributed by atoms with Crippen molar-refractivity contribution in [1.29, 1.82) is 5.26 Å². The summed E-state index contributed by atoms with van der Waals surface area (Å²) in [5.41, 5.74) is 7.50. The van der Waals surface area contributed by atoms with Crippen LogP contribution in [0, 0.1) is 11.3 Å². The maximum atomic E-state index is 8.74. The number of aryl methyl sites for hydroxylation is 1. The number of ether oxygens (including phenoxy) is 1. The van der Waals surface area contributed by atoms with Gasteiger partial charge in [0.2, 0.25) is 5.88 Å². The van der Waals surface area contributed by atoms with Crippen molar-refractivity contribution >= 4 is 17.3 Å². The predicted octanol–water partition coefficient (Wildman–Crippen LogP) is 3.54. The highest BCUT2D eigenvalue weighted by Crippen LogP contribution is 2.28. The topological polar surface area (TPSA) is 71.9 Å². The van der Waals surface area contributed by atoms with Crippen molar-refractivity contribution in [3.63, 3.8) is 0 Å². The lowest BCUT2D eigenvalue weighted by molar-refractivity contribution is 0.465. The Morgan fingerprint density at radius 2 is 2.21 bits per heavy atom. The number of pyridine rings is 1. The molecule has 2 aromatic rings. The second-order valence-corrected chi connectivity index (χ2v) is 4.35. The second kappa shape index (κ2) is 5.59. The molecule has 0 aliphatic rings. The van der Waals surface area contributed by atoms with Crippen LogP contribution in [0.1, 0.15) is 18.1 Å². The van der Waals surface area contributed by atoms with E-state index in [0.29, 0.717) is 22.0 Å². The van der Waals surface area contributed by atoms with Crippen LogP contribution >= 0.6 is 11.6 Å². The fourth-order valence-corrected chi connectivity index (χ4v) is 1.86. The van der Waals surface area contributed by atoms with Crippen LogP contribution in [0.2, 0.25) is 5.02 Å². The molecule has 0 radical (unpaired) electrons. The summed E-state index contributed by atoms with van der Waals surface area (Å²) < 4.78 is 5.60. The van der Waals surface area contributed by atoms with E-state index < -0.39 is 0 Å². The minimum absolute atomic E-state index is 0.281. The van der Waals surface area contributed by atoms with Gasteiger partial charge >= 0.3 is 0 Å². The smallest absolute Gasteiger partial charge is 0.242 e. The van der Waals surface area contributed by atoms with Crippen LogP contribution in [-0.4, -0.2) is 4.98 Å². The Kier molecular flexibility index (Phi) is 3.88. The first-order chi connectivity index (χ1) is 9.13. The van der Waals surface area contributed by atoms with Gasteiger partial charge in [0, 0.05) is 11.2 Å². The van der Waals surface area contributed by atoms with E-state index in [9.17, 15) is 0 Å². The maximum absolute atomic E-state index is 8.74. The van der Waals surface area contributed by atoms with Crippen LogP contribution < -0.4 is 10.5 Å². The molecular formula is C14H12ClN3O. The number of anilines is 1. The van der Waals surface area contributed by atoms with Gasteiger partial charge in [0.15, 0.2) is 0 Å². The van der Waals surface area contributed by atoms with Gasteiger partial charge in [-0.15, -0.1) is 0 Å². The molecule has 1 heterocycles. The molecule has 0 bridgehead atoms. The van der Waals surface area contributed by atoms with E-state index in [4.69, 9.17) is 27.3 Å². The molecule has 5 heteroatoms. The molecule has 0 saturated carbocycles. The molecule has 0 amide bonds. The molecule has 2 N–H and O–H groups in total. The number of nitrogens with two attached hydrogens (primary N) is 1. The Bertz CT molecular complexity index is 650. The van der Waals surface area contributed by atoms with Crippen LogP contribution in [-0.2, 0) is 6.42 Å². The van der Waals surface area contributed by atoms with E-state index in [1.165, 1.54) is 12.3 Å². The summed E-state index contributed by atoms with van der Waals surface area (Å²) in [5.74, 6) is 0.897. The summed E-state index contributed by atoms with van der Waals surface area (Å²) in [6.45, 7) is 2.01. The van der Waals surface area contributed by atoms with Gasteiger partial charge in [-0.05, 0) is 36.2 Å². The summed E-state index contributed by atoms with van der Waals surface area (Å²) in [7, 11) is 0. The molecule has 0 saturated heterocycles.